The van der Waals surface area contributed by atoms with E-state index in [4.69, 9.17) is 4.98 Å². The van der Waals surface area contributed by atoms with E-state index >= 15 is 0 Å². The van der Waals surface area contributed by atoms with Gasteiger partial charge in [0.2, 0.25) is 0 Å². The third-order valence-corrected chi connectivity index (χ3v) is 6.78. The van der Waals surface area contributed by atoms with Crippen molar-refractivity contribution in [2.75, 3.05) is 0 Å². The van der Waals surface area contributed by atoms with Crippen LogP contribution in [0.25, 0.3) is 34.8 Å². The summed E-state index contributed by atoms with van der Waals surface area (Å²) in [5.74, 6) is 0. The van der Waals surface area contributed by atoms with Crippen LogP contribution >= 0.6 is 0 Å². The summed E-state index contributed by atoms with van der Waals surface area (Å²) in [5, 5.41) is 15.9. The Kier molecular flexibility index (Phi) is 6.84. The predicted molar refractivity (Wildman–Crippen MR) is 164 cm³/mol. The summed E-state index contributed by atoms with van der Waals surface area (Å²) in [7, 11) is 0. The lowest BCUT2D eigenvalue weighted by Crippen LogP contribution is -2.16. The molecule has 0 spiro atoms. The summed E-state index contributed by atoms with van der Waals surface area (Å²) < 4.78 is 0. The van der Waals surface area contributed by atoms with Crippen molar-refractivity contribution < 1.29 is 0 Å². The van der Waals surface area contributed by atoms with Crippen LogP contribution in [0.4, 0.5) is 0 Å². The fraction of sp³-hybridized carbons (Fsp3) is 0. The van der Waals surface area contributed by atoms with Gasteiger partial charge in [-0.25, -0.2) is 0 Å². The van der Waals surface area contributed by atoms with Crippen LogP contribution in [-0.2, 0) is 0 Å². The number of fused-ring (bicyclic) bond motifs is 1. The number of allylic oxidation sites excluding steroid dienone is 6. The number of nitrogens with zero attached hydrogens (tertiary/aromatic N) is 3. The van der Waals surface area contributed by atoms with Crippen LogP contribution < -0.4 is 10.6 Å². The Morgan fingerprint density at radius 3 is 1.75 bits per heavy atom. The van der Waals surface area contributed by atoms with Gasteiger partial charge in [-0.15, -0.1) is 10.2 Å². The van der Waals surface area contributed by atoms with E-state index in [1.165, 1.54) is 0 Å². The van der Waals surface area contributed by atoms with E-state index in [1.54, 1.807) is 6.20 Å². The third kappa shape index (κ3) is 5.08. The lowest BCUT2D eigenvalue weighted by molar-refractivity contribution is 1.07. The van der Waals surface area contributed by atoms with Crippen molar-refractivity contribution in [1.29, 1.82) is 0 Å². The van der Waals surface area contributed by atoms with E-state index < -0.39 is 0 Å². The van der Waals surface area contributed by atoms with Crippen LogP contribution in [0.3, 0.4) is 0 Å². The highest BCUT2D eigenvalue weighted by Crippen LogP contribution is 2.29. The molecule has 2 aromatic carbocycles. The van der Waals surface area contributed by atoms with Crippen LogP contribution in [0.2, 0.25) is 0 Å². The fourth-order valence-corrected chi connectivity index (χ4v) is 4.65. The Bertz CT molecular complexity index is 1750. The first kappa shape index (κ1) is 24.8. The molecule has 0 saturated carbocycles. The van der Waals surface area contributed by atoms with Crippen LogP contribution in [0.5, 0.6) is 0 Å². The molecule has 0 amide bonds. The van der Waals surface area contributed by atoms with Gasteiger partial charge in [0.1, 0.15) is 5.69 Å². The maximum absolute atomic E-state index is 4.70. The zero-order valence-electron chi connectivity index (χ0n) is 21.9. The minimum Gasteiger partial charge on any atom is -0.354 e. The highest BCUT2D eigenvalue weighted by Gasteiger charge is 2.16. The Labute approximate surface area is 234 Å². The number of hydrogen-bond donors (Lipinski definition) is 2. The molecule has 0 unspecified atom stereocenters. The molecule has 2 N–H and O–H groups in total. The molecule has 40 heavy (non-hydrogen) atoms. The van der Waals surface area contributed by atoms with Crippen molar-refractivity contribution in [2.45, 2.75) is 0 Å². The van der Waals surface area contributed by atoms with Gasteiger partial charge in [0.05, 0.1) is 17.6 Å². The molecule has 192 valence electrons. The van der Waals surface area contributed by atoms with Crippen molar-refractivity contribution in [3.63, 3.8) is 0 Å². The van der Waals surface area contributed by atoms with E-state index in [0.717, 1.165) is 67.7 Å². The predicted octanol–water partition coefficient (Wildman–Crippen LogP) is 7.17. The average molecular weight is 518 g/mol. The summed E-state index contributed by atoms with van der Waals surface area (Å²) in [4.78, 5) is 4.70. The Morgan fingerprint density at radius 1 is 0.600 bits per heavy atom. The maximum atomic E-state index is 4.70. The topological polar surface area (TPSA) is 62.7 Å². The second-order valence-electron chi connectivity index (χ2n) is 9.31. The van der Waals surface area contributed by atoms with Crippen molar-refractivity contribution >= 4 is 23.5 Å². The average Bonchev–Trinajstić information content (AvgIpc) is 3.28. The Balaban J connectivity index is 1.31. The van der Waals surface area contributed by atoms with Crippen molar-refractivity contribution in [1.82, 2.24) is 25.8 Å². The largest absolute Gasteiger partial charge is 0.354 e. The molecular formula is C35H27N5. The Morgan fingerprint density at radius 2 is 1.18 bits per heavy atom. The SMILES string of the molecule is C=CC1=CC=C(c2ccccc2)N/C1=C/c1ccc2c(/C=C3/NC(c4ccccc4)=CC=C3C=C)nnc-2cn1. The van der Waals surface area contributed by atoms with E-state index in [1.807, 2.05) is 72.8 Å². The summed E-state index contributed by atoms with van der Waals surface area (Å²) in [6.45, 7) is 7.97. The third-order valence-electron chi connectivity index (χ3n) is 6.78. The number of benzene rings is 2. The molecule has 0 fully saturated rings. The van der Waals surface area contributed by atoms with Crippen LogP contribution in [-0.4, -0.2) is 15.2 Å². The van der Waals surface area contributed by atoms with Crippen LogP contribution in [0.15, 0.2) is 151 Å². The summed E-state index contributed by atoms with van der Waals surface area (Å²) >= 11 is 0. The fourth-order valence-electron chi connectivity index (χ4n) is 4.65. The molecule has 2 aromatic rings. The van der Waals surface area contributed by atoms with Gasteiger partial charge in [0.25, 0.3) is 0 Å². The normalized spacial score (nSPS) is 16.8. The minimum absolute atomic E-state index is 0.719. The van der Waals surface area contributed by atoms with E-state index in [0.29, 0.717) is 0 Å². The zero-order chi connectivity index (χ0) is 27.3. The molecule has 0 radical (unpaired) electrons. The van der Waals surface area contributed by atoms with Gasteiger partial charge in [-0.2, -0.15) is 0 Å². The molecule has 0 atom stereocenters. The number of aromatic nitrogens is 3. The molecule has 4 aliphatic heterocycles. The molecule has 0 aliphatic carbocycles. The van der Waals surface area contributed by atoms with Gasteiger partial charge < -0.3 is 10.6 Å². The smallest absolute Gasteiger partial charge is 0.113 e. The standard InChI is InChI=1S/C35H27N5/c1-3-24-15-19-30(26-11-7-5-8-12-26)37-32(24)21-28-17-18-29-34(39-40-35(29)23-36-28)22-33-25(4-2)16-20-31(38-33)27-13-9-6-10-14-27/h3-23,37-38H,1-2H2/b32-21+,33-22+. The zero-order valence-corrected chi connectivity index (χ0v) is 21.9. The van der Waals surface area contributed by atoms with Crippen LogP contribution in [0, 0.1) is 0 Å². The lowest BCUT2D eigenvalue weighted by Gasteiger charge is -2.19. The number of rotatable bonds is 6. The highest BCUT2D eigenvalue weighted by molar-refractivity contribution is 5.79. The van der Waals surface area contributed by atoms with Crippen molar-refractivity contribution in [2.24, 2.45) is 0 Å². The number of dihydropyridines is 2. The quantitative estimate of drug-likeness (QED) is 0.284. The van der Waals surface area contributed by atoms with Gasteiger partial charge >= 0.3 is 0 Å². The van der Waals surface area contributed by atoms with Crippen molar-refractivity contribution in [3.8, 4) is 11.3 Å². The first-order valence-corrected chi connectivity index (χ1v) is 13.0. The second kappa shape index (κ2) is 11.1. The van der Waals surface area contributed by atoms with Gasteiger partial charge in [-0.3, -0.25) is 4.98 Å². The molecule has 0 aromatic heterocycles. The molecule has 0 bridgehead atoms. The summed E-state index contributed by atoms with van der Waals surface area (Å²) in [6, 6.07) is 24.5. The lowest BCUT2D eigenvalue weighted by atomic mass is 10.0. The molecule has 5 nitrogen and oxygen atoms in total. The first-order chi connectivity index (χ1) is 19.7. The van der Waals surface area contributed by atoms with Gasteiger partial charge in [0, 0.05) is 28.4 Å². The molecule has 4 heterocycles. The number of nitrogens with one attached hydrogen (secondary N) is 2. The van der Waals surface area contributed by atoms with E-state index in [9.17, 15) is 0 Å². The maximum Gasteiger partial charge on any atom is 0.113 e. The molecule has 0 saturated heterocycles. The number of hydrogen-bond acceptors (Lipinski definition) is 5. The first-order valence-electron chi connectivity index (χ1n) is 13.0. The Hall–Kier alpha value is -5.55. The summed E-state index contributed by atoms with van der Waals surface area (Å²) in [6.07, 6.45) is 17.7. The van der Waals surface area contributed by atoms with Gasteiger partial charge in [-0.1, -0.05) is 98.1 Å². The molecule has 5 heteroatoms. The molecule has 4 aliphatic rings. The minimum atomic E-state index is 0.719. The monoisotopic (exact) mass is 517 g/mol. The summed E-state index contributed by atoms with van der Waals surface area (Å²) in [5.41, 5.74) is 11.2. The highest BCUT2D eigenvalue weighted by atomic mass is 15.1. The van der Waals surface area contributed by atoms with Crippen LogP contribution in [0.1, 0.15) is 22.5 Å². The van der Waals surface area contributed by atoms with Gasteiger partial charge in [-0.05, 0) is 58.7 Å². The van der Waals surface area contributed by atoms with E-state index in [-0.39, 0.29) is 0 Å². The van der Waals surface area contributed by atoms with Crippen molar-refractivity contribution in [3.05, 3.63) is 174 Å². The van der Waals surface area contributed by atoms with E-state index in [2.05, 4.69) is 82.6 Å². The molecular weight excluding hydrogens is 490 g/mol. The second-order valence-corrected chi connectivity index (χ2v) is 9.31. The van der Waals surface area contributed by atoms with Gasteiger partial charge in [0.15, 0.2) is 0 Å². The molecule has 6 rings (SSSR count).